The maximum Gasteiger partial charge on any atom is 0.261 e. The lowest BCUT2D eigenvalue weighted by molar-refractivity contribution is 0.294. The highest BCUT2D eigenvalue weighted by Gasteiger charge is 2.18. The van der Waals surface area contributed by atoms with Crippen LogP contribution < -0.4 is 4.74 Å². The standard InChI is InChI=1S/C22H20N8O2/c1-15-5-3-8-18(9-15)31-13-20-19(11-24-29(20)2)22-26-21(27-32-22)17-7-4-6-16(10-17)12-30-25-14-23-28-30/h3-11,14H,12-13H2,1-2H3. The van der Waals surface area contributed by atoms with E-state index >= 15 is 0 Å². The zero-order valence-electron chi connectivity index (χ0n) is 17.6. The Kier molecular flexibility index (Phi) is 5.16. The molecule has 0 bridgehead atoms. The fraction of sp³-hybridized carbons (Fsp3) is 0.182. The van der Waals surface area contributed by atoms with E-state index in [0.29, 0.717) is 24.9 Å². The average molecular weight is 428 g/mol. The molecule has 0 spiro atoms. The minimum absolute atomic E-state index is 0.327. The molecule has 0 amide bonds. The van der Waals surface area contributed by atoms with Gasteiger partial charge < -0.3 is 9.26 Å². The van der Waals surface area contributed by atoms with Gasteiger partial charge in [0.15, 0.2) is 6.33 Å². The molecule has 3 aromatic heterocycles. The second-order valence-electron chi connectivity index (χ2n) is 7.32. The number of tetrazole rings is 1. The van der Waals surface area contributed by atoms with Crippen molar-refractivity contribution >= 4 is 0 Å². The highest BCUT2D eigenvalue weighted by molar-refractivity contribution is 5.61. The average Bonchev–Trinajstić information content (AvgIpc) is 3.54. The van der Waals surface area contributed by atoms with Crippen LogP contribution in [0.1, 0.15) is 16.8 Å². The number of hydrogen-bond donors (Lipinski definition) is 0. The predicted octanol–water partition coefficient (Wildman–Crippen LogP) is 3.06. The van der Waals surface area contributed by atoms with E-state index in [4.69, 9.17) is 9.26 Å². The normalized spacial score (nSPS) is 11.1. The first-order valence-electron chi connectivity index (χ1n) is 10.0. The van der Waals surface area contributed by atoms with Crippen molar-refractivity contribution in [2.24, 2.45) is 7.05 Å². The molecule has 0 atom stereocenters. The van der Waals surface area contributed by atoms with Crippen LogP contribution in [0.25, 0.3) is 22.8 Å². The van der Waals surface area contributed by atoms with Gasteiger partial charge in [0.05, 0.1) is 24.0 Å². The lowest BCUT2D eigenvalue weighted by Gasteiger charge is -2.08. The molecular weight excluding hydrogens is 408 g/mol. The first-order chi connectivity index (χ1) is 15.7. The van der Waals surface area contributed by atoms with Gasteiger partial charge in [-0.05, 0) is 41.5 Å². The Labute approximate surface area is 183 Å². The van der Waals surface area contributed by atoms with Gasteiger partial charge in [-0.15, -0.1) is 10.2 Å². The summed E-state index contributed by atoms with van der Waals surface area (Å²) in [6.07, 6.45) is 3.11. The highest BCUT2D eigenvalue weighted by atomic mass is 16.5. The quantitative estimate of drug-likeness (QED) is 0.389. The number of ether oxygens (including phenoxy) is 1. The van der Waals surface area contributed by atoms with Gasteiger partial charge in [0.1, 0.15) is 12.4 Å². The van der Waals surface area contributed by atoms with E-state index in [1.54, 1.807) is 10.9 Å². The molecule has 0 saturated carbocycles. The van der Waals surface area contributed by atoms with Crippen LogP contribution in [0.5, 0.6) is 5.75 Å². The van der Waals surface area contributed by atoms with Crippen LogP contribution in [0.4, 0.5) is 0 Å². The van der Waals surface area contributed by atoms with Crippen molar-refractivity contribution in [2.75, 3.05) is 0 Å². The van der Waals surface area contributed by atoms with Gasteiger partial charge in [0, 0.05) is 12.6 Å². The van der Waals surface area contributed by atoms with Gasteiger partial charge in [-0.3, -0.25) is 4.68 Å². The van der Waals surface area contributed by atoms with Crippen molar-refractivity contribution in [3.05, 3.63) is 77.9 Å². The largest absolute Gasteiger partial charge is 0.487 e. The number of benzene rings is 2. The third-order valence-corrected chi connectivity index (χ3v) is 4.98. The minimum atomic E-state index is 0.327. The van der Waals surface area contributed by atoms with Crippen LogP contribution >= 0.6 is 0 Å². The third kappa shape index (κ3) is 4.10. The second kappa shape index (κ2) is 8.42. The van der Waals surface area contributed by atoms with Crippen molar-refractivity contribution in [1.82, 2.24) is 40.1 Å². The number of rotatable bonds is 7. The van der Waals surface area contributed by atoms with Crippen molar-refractivity contribution in [2.45, 2.75) is 20.1 Å². The first-order valence-corrected chi connectivity index (χ1v) is 10.0. The predicted molar refractivity (Wildman–Crippen MR) is 114 cm³/mol. The number of aromatic nitrogens is 8. The van der Waals surface area contributed by atoms with Gasteiger partial charge in [0.25, 0.3) is 5.89 Å². The van der Waals surface area contributed by atoms with E-state index in [0.717, 1.165) is 33.7 Å². The fourth-order valence-corrected chi connectivity index (χ4v) is 3.35. The number of hydrogen-bond acceptors (Lipinski definition) is 8. The monoisotopic (exact) mass is 428 g/mol. The molecule has 32 heavy (non-hydrogen) atoms. The maximum atomic E-state index is 5.96. The Morgan fingerprint density at radius 3 is 2.81 bits per heavy atom. The van der Waals surface area contributed by atoms with Gasteiger partial charge in [-0.25, -0.2) is 0 Å². The molecule has 0 radical (unpaired) electrons. The highest BCUT2D eigenvalue weighted by Crippen LogP contribution is 2.26. The molecule has 0 saturated heterocycles. The first kappa shape index (κ1) is 19.6. The van der Waals surface area contributed by atoms with Crippen LogP contribution in [0.3, 0.4) is 0 Å². The number of nitrogens with zero attached hydrogens (tertiary/aromatic N) is 8. The second-order valence-corrected chi connectivity index (χ2v) is 7.32. The molecular formula is C22H20N8O2. The van der Waals surface area contributed by atoms with Crippen LogP contribution in [-0.4, -0.2) is 40.1 Å². The summed E-state index contributed by atoms with van der Waals surface area (Å²) >= 11 is 0. The molecule has 0 fully saturated rings. The smallest absolute Gasteiger partial charge is 0.261 e. The van der Waals surface area contributed by atoms with Gasteiger partial charge >= 0.3 is 0 Å². The van der Waals surface area contributed by atoms with Crippen LogP contribution in [-0.2, 0) is 20.2 Å². The molecule has 2 aromatic carbocycles. The van der Waals surface area contributed by atoms with E-state index in [1.165, 1.54) is 11.1 Å². The Bertz CT molecular complexity index is 1340. The molecule has 0 aliphatic heterocycles. The van der Waals surface area contributed by atoms with Crippen molar-refractivity contribution in [3.63, 3.8) is 0 Å². The summed E-state index contributed by atoms with van der Waals surface area (Å²) in [6.45, 7) is 2.86. The Morgan fingerprint density at radius 2 is 1.97 bits per heavy atom. The molecule has 0 unspecified atom stereocenters. The summed E-state index contributed by atoms with van der Waals surface area (Å²) in [4.78, 5) is 6.11. The number of aryl methyl sites for hydroxylation is 2. The Morgan fingerprint density at radius 1 is 1.06 bits per heavy atom. The Hall–Kier alpha value is -4.34. The van der Waals surface area contributed by atoms with E-state index in [9.17, 15) is 0 Å². The van der Waals surface area contributed by atoms with Gasteiger partial charge in [-0.2, -0.15) is 14.9 Å². The Balaban J connectivity index is 1.37. The third-order valence-electron chi connectivity index (χ3n) is 4.98. The van der Waals surface area contributed by atoms with E-state index in [1.807, 2.05) is 62.5 Å². The van der Waals surface area contributed by atoms with E-state index < -0.39 is 0 Å². The fourth-order valence-electron chi connectivity index (χ4n) is 3.35. The minimum Gasteiger partial charge on any atom is -0.487 e. The molecule has 0 N–H and O–H groups in total. The molecule has 3 heterocycles. The maximum absolute atomic E-state index is 5.96. The van der Waals surface area contributed by atoms with E-state index in [2.05, 4.69) is 30.7 Å². The molecule has 5 rings (SSSR count). The summed E-state index contributed by atoms with van der Waals surface area (Å²) < 4.78 is 13.3. The molecule has 160 valence electrons. The van der Waals surface area contributed by atoms with Crippen molar-refractivity contribution in [3.8, 4) is 28.6 Å². The van der Waals surface area contributed by atoms with Crippen molar-refractivity contribution in [1.29, 1.82) is 0 Å². The van der Waals surface area contributed by atoms with Crippen molar-refractivity contribution < 1.29 is 9.26 Å². The summed E-state index contributed by atoms with van der Waals surface area (Å²) in [5.41, 5.74) is 4.55. The molecule has 0 aliphatic carbocycles. The SMILES string of the molecule is Cc1cccc(OCc2c(-c3nc(-c4cccc(Cn5ncnn5)c4)no3)cnn2C)c1. The zero-order chi connectivity index (χ0) is 21.9. The molecule has 10 nitrogen and oxygen atoms in total. The lowest BCUT2D eigenvalue weighted by atomic mass is 10.1. The van der Waals surface area contributed by atoms with Crippen LogP contribution in [0.2, 0.25) is 0 Å². The van der Waals surface area contributed by atoms with Crippen LogP contribution in [0, 0.1) is 6.92 Å². The van der Waals surface area contributed by atoms with Crippen LogP contribution in [0.15, 0.2) is 65.6 Å². The lowest BCUT2D eigenvalue weighted by Crippen LogP contribution is -2.04. The molecule has 10 heteroatoms. The summed E-state index contributed by atoms with van der Waals surface area (Å²) in [6, 6.07) is 15.7. The molecule has 0 aliphatic rings. The summed E-state index contributed by atoms with van der Waals surface area (Å²) in [5.74, 6) is 1.67. The topological polar surface area (TPSA) is 110 Å². The summed E-state index contributed by atoms with van der Waals surface area (Å²) in [7, 11) is 1.86. The summed E-state index contributed by atoms with van der Waals surface area (Å²) in [5, 5.41) is 20.2. The van der Waals surface area contributed by atoms with Gasteiger partial charge in [0.2, 0.25) is 5.82 Å². The van der Waals surface area contributed by atoms with E-state index in [-0.39, 0.29) is 0 Å². The molecule has 5 aromatic rings. The zero-order valence-corrected chi connectivity index (χ0v) is 17.6. The van der Waals surface area contributed by atoms with Gasteiger partial charge in [-0.1, -0.05) is 35.5 Å².